The van der Waals surface area contributed by atoms with Gasteiger partial charge in [0, 0.05) is 0 Å². The van der Waals surface area contributed by atoms with E-state index < -0.39 is 15.3 Å². The van der Waals surface area contributed by atoms with Crippen LogP contribution in [0.4, 0.5) is 0 Å². The SMILES string of the molecule is CC.O=[N+]([O-])O.O=[N+]([O-])O.O=[N+]([O-])O. The lowest BCUT2D eigenvalue weighted by atomic mass is 11.0. The van der Waals surface area contributed by atoms with Gasteiger partial charge in [-0.3, -0.25) is 0 Å². The van der Waals surface area contributed by atoms with Crippen LogP contribution >= 0.6 is 0 Å². The number of rotatable bonds is 0. The van der Waals surface area contributed by atoms with E-state index in [0.29, 0.717) is 0 Å². The largest absolute Gasteiger partial charge is 0.328 e. The molecule has 0 aromatic rings. The molecule has 0 atom stereocenters. The summed E-state index contributed by atoms with van der Waals surface area (Å²) in [6.45, 7) is 4.00. The van der Waals surface area contributed by atoms with Gasteiger partial charge >= 0.3 is 0 Å². The summed E-state index contributed by atoms with van der Waals surface area (Å²) < 4.78 is 0. The van der Waals surface area contributed by atoms with Crippen molar-refractivity contribution in [3.8, 4) is 0 Å². The molecule has 0 bridgehead atoms. The van der Waals surface area contributed by atoms with E-state index in [9.17, 15) is 0 Å². The molecular weight excluding hydrogens is 210 g/mol. The van der Waals surface area contributed by atoms with Crippen molar-refractivity contribution < 1.29 is 30.9 Å². The molecule has 0 fully saturated rings. The van der Waals surface area contributed by atoms with Crippen molar-refractivity contribution in [1.82, 2.24) is 0 Å². The highest BCUT2D eigenvalue weighted by Gasteiger charge is 1.66. The van der Waals surface area contributed by atoms with E-state index in [-0.39, 0.29) is 0 Å². The van der Waals surface area contributed by atoms with Gasteiger partial charge < -0.3 is 15.6 Å². The number of nitrogens with zero attached hydrogens (tertiary/aromatic N) is 3. The summed E-state index contributed by atoms with van der Waals surface area (Å²) in [5, 5.41) is 40.9. The highest BCUT2D eigenvalue weighted by Crippen LogP contribution is 1.39. The van der Waals surface area contributed by atoms with Crippen molar-refractivity contribution in [1.29, 1.82) is 0 Å². The second kappa shape index (κ2) is 22.4. The molecule has 0 amide bonds. The van der Waals surface area contributed by atoms with Crippen LogP contribution in [0.15, 0.2) is 0 Å². The predicted molar refractivity (Wildman–Crippen MR) is 37.7 cm³/mol. The Morgan fingerprint density at radius 3 is 0.714 bits per heavy atom. The van der Waals surface area contributed by atoms with Crippen LogP contribution in [-0.4, -0.2) is 30.9 Å². The van der Waals surface area contributed by atoms with Crippen LogP contribution in [0.3, 0.4) is 0 Å². The van der Waals surface area contributed by atoms with E-state index in [2.05, 4.69) is 0 Å². The highest BCUT2D eigenvalue weighted by molar-refractivity contribution is 3.84. The molecule has 0 aromatic carbocycles. The van der Waals surface area contributed by atoms with Gasteiger partial charge in [0.25, 0.3) is 15.3 Å². The van der Waals surface area contributed by atoms with Gasteiger partial charge in [0.05, 0.1) is 0 Å². The van der Waals surface area contributed by atoms with Gasteiger partial charge in [0.15, 0.2) is 0 Å². The summed E-state index contributed by atoms with van der Waals surface area (Å²) >= 11 is 0. The van der Waals surface area contributed by atoms with Crippen molar-refractivity contribution in [3.63, 3.8) is 0 Å². The third-order valence-electron chi connectivity index (χ3n) is 0. The Morgan fingerprint density at radius 2 is 0.714 bits per heavy atom. The van der Waals surface area contributed by atoms with Gasteiger partial charge in [-0.25, -0.2) is 0 Å². The van der Waals surface area contributed by atoms with Crippen LogP contribution in [0.5, 0.6) is 0 Å². The maximum absolute atomic E-state index is 8.36. The normalized spacial score (nSPS) is 5.57. The first-order chi connectivity index (χ1) is 6.20. The van der Waals surface area contributed by atoms with Crippen molar-refractivity contribution in [2.24, 2.45) is 0 Å². The first-order valence-electron chi connectivity index (χ1n) is 2.70. The van der Waals surface area contributed by atoms with Crippen LogP contribution < -0.4 is 0 Å². The van der Waals surface area contributed by atoms with Gasteiger partial charge in [0.2, 0.25) is 0 Å². The third-order valence-corrected chi connectivity index (χ3v) is 0. The highest BCUT2D eigenvalue weighted by atomic mass is 16.9. The molecule has 0 saturated carbocycles. The fourth-order valence-corrected chi connectivity index (χ4v) is 0. The molecule has 0 heterocycles. The molecule has 14 heavy (non-hydrogen) atoms. The van der Waals surface area contributed by atoms with Gasteiger partial charge in [-0.1, -0.05) is 13.8 Å². The van der Waals surface area contributed by atoms with Crippen LogP contribution in [0.25, 0.3) is 0 Å². The fraction of sp³-hybridized carbons (Fsp3) is 1.00. The Morgan fingerprint density at radius 1 is 0.714 bits per heavy atom. The molecule has 0 aliphatic heterocycles. The average Bonchev–Trinajstić information content (AvgIpc) is 1.86. The van der Waals surface area contributed by atoms with E-state index in [4.69, 9.17) is 46.0 Å². The third kappa shape index (κ3) is 123. The maximum Gasteiger partial charge on any atom is 0.291 e. The molecule has 3 N–H and O–H groups in total. The van der Waals surface area contributed by atoms with Crippen LogP contribution in [0.2, 0.25) is 0 Å². The van der Waals surface area contributed by atoms with Crippen molar-refractivity contribution >= 4 is 0 Å². The molecule has 0 saturated heterocycles. The monoisotopic (exact) mass is 219 g/mol. The Bertz CT molecular complexity index is 116. The topological polar surface area (TPSA) is 190 Å². The molecule has 0 unspecified atom stereocenters. The summed E-state index contributed by atoms with van der Waals surface area (Å²) in [7, 11) is 0. The Hall–Kier alpha value is -2.40. The molecule has 12 heteroatoms. The molecule has 0 aliphatic carbocycles. The maximum atomic E-state index is 8.36. The van der Waals surface area contributed by atoms with Crippen LogP contribution in [0, 0.1) is 30.3 Å². The zero-order chi connectivity index (χ0) is 12.7. The fourth-order valence-electron chi connectivity index (χ4n) is 0. The van der Waals surface area contributed by atoms with Crippen molar-refractivity contribution in [3.05, 3.63) is 30.3 Å². The molecule has 86 valence electrons. The molecule has 0 rings (SSSR count). The summed E-state index contributed by atoms with van der Waals surface area (Å²) in [6.07, 6.45) is 0. The zero-order valence-corrected chi connectivity index (χ0v) is 7.13. The standard InChI is InChI=1S/C2H6.3HNO3/c1-2;3*2-1(3)4/h1-2H3;3*(H,2,3,4). The van der Waals surface area contributed by atoms with E-state index in [1.54, 1.807) is 0 Å². The summed E-state index contributed by atoms with van der Waals surface area (Å²) in [5.41, 5.74) is 0. The van der Waals surface area contributed by atoms with E-state index in [1.165, 1.54) is 0 Å². The summed E-state index contributed by atoms with van der Waals surface area (Å²) in [4.78, 5) is 25.1. The molecule has 0 radical (unpaired) electrons. The molecule has 0 spiro atoms. The van der Waals surface area contributed by atoms with Gasteiger partial charge in [-0.05, 0) is 0 Å². The Labute approximate surface area is 76.3 Å². The number of hydrogen-bond acceptors (Lipinski definition) is 6. The molecular formula is C2H9N3O9. The first kappa shape index (κ1) is 22.6. The van der Waals surface area contributed by atoms with Crippen molar-refractivity contribution in [2.75, 3.05) is 0 Å². The lowest BCUT2D eigenvalue weighted by Crippen LogP contribution is -1.81. The average molecular weight is 219 g/mol. The van der Waals surface area contributed by atoms with E-state index >= 15 is 0 Å². The minimum Gasteiger partial charge on any atom is -0.328 e. The molecule has 0 aromatic heterocycles. The van der Waals surface area contributed by atoms with Crippen LogP contribution in [-0.2, 0) is 0 Å². The minimum absolute atomic E-state index is 1.50. The molecule has 12 nitrogen and oxygen atoms in total. The minimum atomic E-state index is -1.50. The second-order valence-electron chi connectivity index (χ2n) is 0.714. The number of hydrogen-bond donors (Lipinski definition) is 3. The van der Waals surface area contributed by atoms with Crippen molar-refractivity contribution in [2.45, 2.75) is 13.8 Å². The second-order valence-corrected chi connectivity index (χ2v) is 0.714. The smallest absolute Gasteiger partial charge is 0.291 e. The zero-order valence-electron chi connectivity index (χ0n) is 7.13. The Kier molecular flexibility index (Phi) is 36.1. The predicted octanol–water partition coefficient (Wildman–Crippen LogP) is -0.0169. The van der Waals surface area contributed by atoms with Gasteiger partial charge in [-0.2, -0.15) is 0 Å². The van der Waals surface area contributed by atoms with E-state index in [1.807, 2.05) is 13.8 Å². The summed E-state index contributed by atoms with van der Waals surface area (Å²) in [5.74, 6) is 0. The van der Waals surface area contributed by atoms with E-state index in [0.717, 1.165) is 0 Å². The van der Waals surface area contributed by atoms with Crippen LogP contribution in [0.1, 0.15) is 13.8 Å². The van der Waals surface area contributed by atoms with Gasteiger partial charge in [-0.15, -0.1) is 30.3 Å². The first-order valence-corrected chi connectivity index (χ1v) is 2.70. The lowest BCUT2D eigenvalue weighted by molar-refractivity contribution is -0.742. The summed E-state index contributed by atoms with van der Waals surface area (Å²) in [6, 6.07) is 0. The quantitative estimate of drug-likeness (QED) is 0.371. The molecule has 0 aliphatic rings. The van der Waals surface area contributed by atoms with Gasteiger partial charge in [0.1, 0.15) is 0 Å². The Balaban J connectivity index is -0.0000000492. The lowest BCUT2D eigenvalue weighted by Gasteiger charge is -1.56.